The Bertz CT molecular complexity index is 1060. The Balaban J connectivity index is 0.000000641. The van der Waals surface area contributed by atoms with E-state index >= 15 is 0 Å². The summed E-state index contributed by atoms with van der Waals surface area (Å²) in [5.74, 6) is -3.88. The second-order valence-corrected chi connectivity index (χ2v) is 7.88. The number of non-ortho nitro benzene ring substituents is 1. The van der Waals surface area contributed by atoms with E-state index in [4.69, 9.17) is 31.4 Å². The van der Waals surface area contributed by atoms with Crippen molar-refractivity contribution in [2.75, 3.05) is 44.6 Å². The van der Waals surface area contributed by atoms with Crippen molar-refractivity contribution in [1.29, 1.82) is 0 Å². The molecule has 3 rings (SSSR count). The van der Waals surface area contributed by atoms with Crippen LogP contribution in [-0.4, -0.2) is 82.1 Å². The quantitative estimate of drug-likeness (QED) is 0.293. The molecule has 1 amide bonds. The lowest BCUT2D eigenvalue weighted by molar-refractivity contribution is -0.384. The summed E-state index contributed by atoms with van der Waals surface area (Å²) in [6.45, 7) is 4.43. The maximum absolute atomic E-state index is 12.3. The molecule has 11 nitrogen and oxygen atoms in total. The predicted molar refractivity (Wildman–Crippen MR) is 130 cm³/mol. The number of nitro groups is 1. The van der Waals surface area contributed by atoms with Gasteiger partial charge in [0.2, 0.25) is 5.91 Å². The number of carbonyl (C=O) groups excluding carboxylic acids is 1. The van der Waals surface area contributed by atoms with E-state index in [-0.39, 0.29) is 28.8 Å². The third kappa shape index (κ3) is 9.92. The van der Waals surface area contributed by atoms with E-state index in [1.807, 2.05) is 18.2 Å². The number of hydrogen-bond acceptors (Lipinski definition) is 7. The average molecular weight is 505 g/mol. The van der Waals surface area contributed by atoms with E-state index in [1.54, 1.807) is 0 Å². The van der Waals surface area contributed by atoms with Crippen molar-refractivity contribution in [3.05, 3.63) is 75.3 Å². The first-order valence-corrected chi connectivity index (χ1v) is 10.9. The summed E-state index contributed by atoms with van der Waals surface area (Å²) in [4.78, 5) is 45.3. The van der Waals surface area contributed by atoms with Gasteiger partial charge in [0.15, 0.2) is 0 Å². The highest BCUT2D eigenvalue weighted by molar-refractivity contribution is 6.33. The molecule has 0 aromatic heterocycles. The fourth-order valence-electron chi connectivity index (χ4n) is 3.15. The molecule has 0 bridgehead atoms. The number of aliphatic carboxylic acids is 2. The Labute approximate surface area is 206 Å². The number of benzene rings is 2. The van der Waals surface area contributed by atoms with Crippen LogP contribution in [0, 0.1) is 10.1 Å². The highest BCUT2D eigenvalue weighted by Gasteiger charge is 2.19. The van der Waals surface area contributed by atoms with Gasteiger partial charge in [-0.2, -0.15) is 0 Å². The second-order valence-electron chi connectivity index (χ2n) is 7.47. The summed E-state index contributed by atoms with van der Waals surface area (Å²) in [7, 11) is 0. The number of hydrogen-bond donors (Lipinski definition) is 3. The van der Waals surface area contributed by atoms with Crippen LogP contribution < -0.4 is 5.32 Å². The lowest BCUT2D eigenvalue weighted by Crippen LogP contribution is -2.48. The third-order valence-corrected chi connectivity index (χ3v) is 5.25. The minimum Gasteiger partial charge on any atom is -0.473 e. The molecule has 1 fully saturated rings. The number of nitrogens with one attached hydrogen (secondary N) is 1. The maximum atomic E-state index is 12.3. The molecule has 0 aliphatic carbocycles. The van der Waals surface area contributed by atoms with Crippen LogP contribution in [0.25, 0.3) is 6.08 Å². The van der Waals surface area contributed by atoms with Crippen LogP contribution in [0.1, 0.15) is 5.56 Å². The second kappa shape index (κ2) is 13.8. The minimum absolute atomic E-state index is 0.109. The molecule has 35 heavy (non-hydrogen) atoms. The molecule has 0 spiro atoms. The number of anilines is 1. The smallest absolute Gasteiger partial charge is 0.414 e. The predicted octanol–water partition coefficient (Wildman–Crippen LogP) is 2.67. The van der Waals surface area contributed by atoms with Crippen molar-refractivity contribution in [3.8, 4) is 0 Å². The Hall–Kier alpha value is -3.80. The van der Waals surface area contributed by atoms with Crippen molar-refractivity contribution in [2.45, 2.75) is 0 Å². The Kier molecular flexibility index (Phi) is 10.8. The molecule has 2 aromatic rings. The topological polar surface area (TPSA) is 153 Å². The van der Waals surface area contributed by atoms with E-state index < -0.39 is 16.9 Å². The summed E-state index contributed by atoms with van der Waals surface area (Å²) in [6.07, 6.45) is 4.27. The highest BCUT2D eigenvalue weighted by atomic mass is 35.5. The maximum Gasteiger partial charge on any atom is 0.414 e. The first-order chi connectivity index (χ1) is 16.7. The van der Waals surface area contributed by atoms with Crippen LogP contribution in [0.2, 0.25) is 5.02 Å². The normalized spacial score (nSPS) is 14.1. The van der Waals surface area contributed by atoms with Crippen molar-refractivity contribution >= 4 is 46.9 Å². The Morgan fingerprint density at radius 3 is 2.17 bits per heavy atom. The molecule has 1 aliphatic rings. The van der Waals surface area contributed by atoms with Gasteiger partial charge < -0.3 is 15.5 Å². The lowest BCUT2D eigenvalue weighted by Gasteiger charge is -2.33. The number of carbonyl (C=O) groups is 3. The zero-order chi connectivity index (χ0) is 25.8. The van der Waals surface area contributed by atoms with Gasteiger partial charge in [0.25, 0.3) is 5.69 Å². The van der Waals surface area contributed by atoms with Gasteiger partial charge in [-0.05, 0) is 11.6 Å². The SMILES string of the molecule is O=C(CN1CCN(CC=Cc2ccccc2)CC1)Nc1cc([N+](=O)[O-])ccc1Cl.O=C(O)C(=O)O. The summed E-state index contributed by atoms with van der Waals surface area (Å²) in [5, 5.41) is 28.6. The van der Waals surface area contributed by atoms with Gasteiger partial charge in [-0.25, -0.2) is 9.59 Å². The minimum atomic E-state index is -1.82. The van der Waals surface area contributed by atoms with Crippen LogP contribution >= 0.6 is 11.6 Å². The number of piperazine rings is 1. The summed E-state index contributed by atoms with van der Waals surface area (Å²) >= 11 is 6.04. The molecule has 1 aliphatic heterocycles. The van der Waals surface area contributed by atoms with Gasteiger partial charge in [0.1, 0.15) is 0 Å². The molecule has 0 atom stereocenters. The zero-order valence-electron chi connectivity index (χ0n) is 18.7. The Morgan fingerprint density at radius 2 is 1.60 bits per heavy atom. The monoisotopic (exact) mass is 504 g/mol. The first-order valence-electron chi connectivity index (χ1n) is 10.5. The number of halogens is 1. The van der Waals surface area contributed by atoms with E-state index in [0.717, 1.165) is 32.7 Å². The van der Waals surface area contributed by atoms with E-state index in [0.29, 0.717) is 0 Å². The van der Waals surface area contributed by atoms with Crippen LogP contribution in [0.4, 0.5) is 11.4 Å². The van der Waals surface area contributed by atoms with Crippen LogP contribution in [-0.2, 0) is 14.4 Å². The molecular formula is C23H25ClN4O7. The molecule has 1 heterocycles. The number of rotatable bonds is 7. The van der Waals surface area contributed by atoms with E-state index in [2.05, 4.69) is 39.4 Å². The first kappa shape index (κ1) is 27.4. The average Bonchev–Trinajstić information content (AvgIpc) is 2.82. The molecule has 12 heteroatoms. The van der Waals surface area contributed by atoms with Crippen LogP contribution in [0.3, 0.4) is 0 Å². The van der Waals surface area contributed by atoms with Gasteiger partial charge in [-0.3, -0.25) is 24.7 Å². The number of amides is 1. The summed E-state index contributed by atoms with van der Waals surface area (Å²) in [6, 6.07) is 14.2. The van der Waals surface area contributed by atoms with Crippen LogP contribution in [0.15, 0.2) is 54.6 Å². The zero-order valence-corrected chi connectivity index (χ0v) is 19.4. The summed E-state index contributed by atoms with van der Waals surface area (Å²) < 4.78 is 0. The molecule has 1 saturated heterocycles. The Morgan fingerprint density at radius 1 is 1.00 bits per heavy atom. The highest BCUT2D eigenvalue weighted by Crippen LogP contribution is 2.26. The fourth-order valence-corrected chi connectivity index (χ4v) is 3.31. The number of carboxylic acid groups (broad SMARTS) is 2. The molecule has 0 unspecified atom stereocenters. The molecular weight excluding hydrogens is 480 g/mol. The van der Waals surface area contributed by atoms with Gasteiger partial charge in [0, 0.05) is 44.9 Å². The molecule has 2 aromatic carbocycles. The molecule has 0 saturated carbocycles. The lowest BCUT2D eigenvalue weighted by atomic mass is 10.2. The van der Waals surface area contributed by atoms with Crippen LogP contribution in [0.5, 0.6) is 0 Å². The van der Waals surface area contributed by atoms with Crippen molar-refractivity contribution < 1.29 is 29.5 Å². The van der Waals surface area contributed by atoms with Crippen molar-refractivity contribution in [2.24, 2.45) is 0 Å². The molecule has 0 radical (unpaired) electrons. The van der Waals surface area contributed by atoms with Crippen molar-refractivity contribution in [3.63, 3.8) is 0 Å². The van der Waals surface area contributed by atoms with Gasteiger partial charge in [-0.15, -0.1) is 0 Å². The molecule has 186 valence electrons. The van der Waals surface area contributed by atoms with E-state index in [9.17, 15) is 14.9 Å². The summed E-state index contributed by atoms with van der Waals surface area (Å²) in [5.41, 5.74) is 1.33. The molecule has 3 N–H and O–H groups in total. The number of nitro benzene ring substituents is 1. The number of nitrogens with zero attached hydrogens (tertiary/aromatic N) is 3. The third-order valence-electron chi connectivity index (χ3n) is 4.92. The van der Waals surface area contributed by atoms with Crippen molar-refractivity contribution in [1.82, 2.24) is 9.80 Å². The number of carboxylic acids is 2. The fraction of sp³-hybridized carbons (Fsp3) is 0.261. The largest absolute Gasteiger partial charge is 0.473 e. The van der Waals surface area contributed by atoms with Gasteiger partial charge >= 0.3 is 11.9 Å². The van der Waals surface area contributed by atoms with Gasteiger partial charge in [-0.1, -0.05) is 54.1 Å². The van der Waals surface area contributed by atoms with Gasteiger partial charge in [0.05, 0.1) is 22.2 Å². The van der Waals surface area contributed by atoms with E-state index in [1.165, 1.54) is 23.8 Å². The standard InChI is InChI=1S/C21H23ClN4O3.C2H2O4/c22-19-9-8-18(26(28)29)15-20(19)23-21(27)16-25-13-11-24(12-14-25)10-4-7-17-5-2-1-3-6-17;3-1(4)2(5)6/h1-9,15H,10-14,16H2,(H,23,27);(H,3,4)(H,5,6).